The smallest absolute Gasteiger partial charge is 0.151 e. The third-order valence-corrected chi connectivity index (χ3v) is 2.78. The average molecular weight is 260 g/mol. The van der Waals surface area contributed by atoms with Crippen molar-refractivity contribution in [1.29, 1.82) is 0 Å². The van der Waals surface area contributed by atoms with E-state index in [0.717, 1.165) is 17.5 Å². The van der Waals surface area contributed by atoms with Crippen molar-refractivity contribution < 1.29 is 8.78 Å². The molecule has 1 aromatic carbocycles. The number of anilines is 3. The molecule has 0 unspecified atom stereocenters. The van der Waals surface area contributed by atoms with Gasteiger partial charge in [-0.15, -0.1) is 0 Å². The van der Waals surface area contributed by atoms with Crippen LogP contribution in [0, 0.1) is 11.6 Å². The molecule has 0 aliphatic carbocycles. The first-order valence-corrected chi connectivity index (χ1v) is 5.59. The maximum Gasteiger partial charge on any atom is 0.151 e. The van der Waals surface area contributed by atoms with Crippen LogP contribution in [-0.4, -0.2) is 9.97 Å². The van der Waals surface area contributed by atoms with E-state index in [1.54, 1.807) is 24.5 Å². The van der Waals surface area contributed by atoms with Gasteiger partial charge in [-0.3, -0.25) is 0 Å². The lowest BCUT2D eigenvalue weighted by molar-refractivity contribution is 0.592. The predicted molar refractivity (Wildman–Crippen MR) is 70.1 cm³/mol. The molecule has 96 valence electrons. The van der Waals surface area contributed by atoms with Gasteiger partial charge in [0.25, 0.3) is 0 Å². The first-order chi connectivity index (χ1) is 9.15. The number of aromatic nitrogens is 2. The standard InChI is InChI=1S/C13H10F2N4/c14-9-5-7(16)6-10(15)12(9)19-11-2-4-18-13-8(11)1-3-17-13/h1-6H,16H2,(H2,17,18,19). The van der Waals surface area contributed by atoms with Gasteiger partial charge in [0.15, 0.2) is 11.6 Å². The van der Waals surface area contributed by atoms with Crippen LogP contribution in [0.2, 0.25) is 0 Å². The second kappa shape index (κ2) is 4.24. The summed E-state index contributed by atoms with van der Waals surface area (Å²) >= 11 is 0. The fourth-order valence-corrected chi connectivity index (χ4v) is 1.92. The van der Waals surface area contributed by atoms with Gasteiger partial charge in [0.1, 0.15) is 11.3 Å². The van der Waals surface area contributed by atoms with E-state index in [1.165, 1.54) is 0 Å². The van der Waals surface area contributed by atoms with Crippen molar-refractivity contribution in [3.05, 3.63) is 48.3 Å². The summed E-state index contributed by atoms with van der Waals surface area (Å²) in [6.07, 6.45) is 3.26. The van der Waals surface area contributed by atoms with E-state index in [2.05, 4.69) is 15.3 Å². The van der Waals surface area contributed by atoms with Crippen LogP contribution in [0.3, 0.4) is 0 Å². The number of nitrogens with zero attached hydrogens (tertiary/aromatic N) is 1. The van der Waals surface area contributed by atoms with Crippen LogP contribution in [0.5, 0.6) is 0 Å². The minimum absolute atomic E-state index is 0.0436. The number of H-pyrrole nitrogens is 1. The number of aromatic amines is 1. The molecule has 0 saturated heterocycles. The number of halogens is 2. The number of nitrogen functional groups attached to an aromatic ring is 1. The highest BCUT2D eigenvalue weighted by Crippen LogP contribution is 2.29. The van der Waals surface area contributed by atoms with E-state index in [0.29, 0.717) is 11.3 Å². The molecular weight excluding hydrogens is 250 g/mol. The molecule has 0 aliphatic rings. The summed E-state index contributed by atoms with van der Waals surface area (Å²) in [4.78, 5) is 7.02. The lowest BCUT2D eigenvalue weighted by atomic mass is 10.2. The predicted octanol–water partition coefficient (Wildman–Crippen LogP) is 3.17. The van der Waals surface area contributed by atoms with Gasteiger partial charge in [0.2, 0.25) is 0 Å². The summed E-state index contributed by atoms with van der Waals surface area (Å²) in [5.74, 6) is -1.48. The number of hydrogen-bond donors (Lipinski definition) is 3. The normalized spacial score (nSPS) is 10.8. The molecule has 2 aromatic heterocycles. The van der Waals surface area contributed by atoms with E-state index in [9.17, 15) is 8.78 Å². The van der Waals surface area contributed by atoms with E-state index >= 15 is 0 Å². The maximum atomic E-state index is 13.7. The minimum Gasteiger partial charge on any atom is -0.399 e. The van der Waals surface area contributed by atoms with Crippen molar-refractivity contribution in [2.24, 2.45) is 0 Å². The monoisotopic (exact) mass is 260 g/mol. The van der Waals surface area contributed by atoms with E-state index in [1.807, 2.05) is 0 Å². The van der Waals surface area contributed by atoms with Gasteiger partial charge in [-0.1, -0.05) is 0 Å². The number of fused-ring (bicyclic) bond motifs is 1. The van der Waals surface area contributed by atoms with E-state index in [-0.39, 0.29) is 11.4 Å². The Hall–Kier alpha value is -2.63. The van der Waals surface area contributed by atoms with Crippen molar-refractivity contribution in [3.8, 4) is 0 Å². The summed E-state index contributed by atoms with van der Waals surface area (Å²) in [5, 5.41) is 3.48. The molecule has 0 saturated carbocycles. The van der Waals surface area contributed by atoms with E-state index < -0.39 is 11.6 Å². The first-order valence-electron chi connectivity index (χ1n) is 5.59. The third-order valence-electron chi connectivity index (χ3n) is 2.78. The van der Waals surface area contributed by atoms with Gasteiger partial charge >= 0.3 is 0 Å². The van der Waals surface area contributed by atoms with Crippen molar-refractivity contribution in [2.75, 3.05) is 11.1 Å². The topological polar surface area (TPSA) is 66.7 Å². The number of rotatable bonds is 2. The lowest BCUT2D eigenvalue weighted by Gasteiger charge is -2.10. The second-order valence-electron chi connectivity index (χ2n) is 4.08. The Morgan fingerprint density at radius 1 is 1.16 bits per heavy atom. The molecule has 3 aromatic rings. The quantitative estimate of drug-likeness (QED) is 0.620. The van der Waals surface area contributed by atoms with Crippen molar-refractivity contribution in [2.45, 2.75) is 0 Å². The molecule has 0 amide bonds. The van der Waals surface area contributed by atoms with Crippen LogP contribution in [-0.2, 0) is 0 Å². The molecule has 2 heterocycles. The largest absolute Gasteiger partial charge is 0.399 e. The molecule has 6 heteroatoms. The van der Waals surface area contributed by atoms with Gasteiger partial charge in [0, 0.05) is 23.5 Å². The Labute approximate surface area is 107 Å². The molecule has 4 nitrogen and oxygen atoms in total. The molecule has 19 heavy (non-hydrogen) atoms. The van der Waals surface area contributed by atoms with Crippen LogP contribution >= 0.6 is 0 Å². The first kappa shape index (κ1) is 11.5. The highest BCUT2D eigenvalue weighted by atomic mass is 19.1. The maximum absolute atomic E-state index is 13.7. The van der Waals surface area contributed by atoms with Gasteiger partial charge < -0.3 is 16.0 Å². The van der Waals surface area contributed by atoms with Gasteiger partial charge in [-0.25, -0.2) is 13.8 Å². The van der Waals surface area contributed by atoms with Gasteiger partial charge in [-0.2, -0.15) is 0 Å². The molecule has 0 aliphatic heterocycles. The Kier molecular flexibility index (Phi) is 2.56. The summed E-state index contributed by atoms with van der Waals surface area (Å²) in [5.41, 5.74) is 6.39. The molecule has 3 rings (SSSR count). The zero-order valence-electron chi connectivity index (χ0n) is 9.74. The van der Waals surface area contributed by atoms with Crippen molar-refractivity contribution in [1.82, 2.24) is 9.97 Å². The van der Waals surface area contributed by atoms with Crippen molar-refractivity contribution >= 4 is 28.1 Å². The zero-order valence-corrected chi connectivity index (χ0v) is 9.74. The van der Waals surface area contributed by atoms with Crippen molar-refractivity contribution in [3.63, 3.8) is 0 Å². The van der Waals surface area contributed by atoms with E-state index in [4.69, 9.17) is 5.73 Å². The highest BCUT2D eigenvalue weighted by Gasteiger charge is 2.12. The second-order valence-corrected chi connectivity index (χ2v) is 4.08. The fourth-order valence-electron chi connectivity index (χ4n) is 1.92. The molecule has 0 spiro atoms. The molecule has 0 bridgehead atoms. The summed E-state index contributed by atoms with van der Waals surface area (Å²) in [6, 6.07) is 5.56. The number of pyridine rings is 1. The van der Waals surface area contributed by atoms with Crippen LogP contribution in [0.15, 0.2) is 36.7 Å². The molecular formula is C13H10F2N4. The fraction of sp³-hybridized carbons (Fsp3) is 0. The van der Waals surface area contributed by atoms with Crippen LogP contribution in [0.25, 0.3) is 11.0 Å². The minimum atomic E-state index is -0.738. The average Bonchev–Trinajstić information content (AvgIpc) is 2.82. The molecule has 4 N–H and O–H groups in total. The van der Waals surface area contributed by atoms with Crippen LogP contribution in [0.4, 0.5) is 25.8 Å². The molecule has 0 fully saturated rings. The van der Waals surface area contributed by atoms with Crippen LogP contribution < -0.4 is 11.1 Å². The SMILES string of the molecule is Nc1cc(F)c(Nc2ccnc3[nH]ccc23)c(F)c1. The number of hydrogen-bond acceptors (Lipinski definition) is 3. The Balaban J connectivity index is 2.09. The Bertz CT molecular complexity index is 728. The van der Waals surface area contributed by atoms with Gasteiger partial charge in [-0.05, 0) is 24.3 Å². The molecule has 0 atom stereocenters. The number of nitrogens with one attached hydrogen (secondary N) is 2. The number of nitrogens with two attached hydrogens (primary N) is 1. The molecule has 0 radical (unpaired) electrons. The Morgan fingerprint density at radius 3 is 2.63 bits per heavy atom. The highest BCUT2D eigenvalue weighted by molar-refractivity contribution is 5.91. The number of benzene rings is 1. The van der Waals surface area contributed by atoms with Gasteiger partial charge in [0.05, 0.1) is 5.69 Å². The summed E-state index contributed by atoms with van der Waals surface area (Å²) in [7, 11) is 0. The zero-order chi connectivity index (χ0) is 13.4. The Morgan fingerprint density at radius 2 is 1.89 bits per heavy atom. The summed E-state index contributed by atoms with van der Waals surface area (Å²) < 4.78 is 27.4. The lowest BCUT2D eigenvalue weighted by Crippen LogP contribution is -2.00. The summed E-state index contributed by atoms with van der Waals surface area (Å²) in [6.45, 7) is 0. The third kappa shape index (κ3) is 1.97. The van der Waals surface area contributed by atoms with Crippen LogP contribution in [0.1, 0.15) is 0 Å².